The van der Waals surface area contributed by atoms with Gasteiger partial charge < -0.3 is 4.74 Å². The molecule has 0 spiro atoms. The van der Waals surface area contributed by atoms with Gasteiger partial charge in [0.05, 0.1) is 12.2 Å². The van der Waals surface area contributed by atoms with Crippen LogP contribution < -0.4 is 0 Å². The number of ether oxygens (including phenoxy) is 1. The minimum Gasteiger partial charge on any atom is -0.462 e. The van der Waals surface area contributed by atoms with Crippen LogP contribution in [0.25, 0.3) is 11.6 Å². The fourth-order valence-electron chi connectivity index (χ4n) is 4.52. The summed E-state index contributed by atoms with van der Waals surface area (Å²) in [7, 11) is 0. The van der Waals surface area contributed by atoms with Crippen LogP contribution in [0.15, 0.2) is 42.5 Å². The standard InChI is InChI=1S/C26H32O2/c1-8-28-24(27)20-11-9-19(10-12-20)15-17(2)21-13-14-22-23(16-21)26(6,7)18(3)25(22,4)5/h9-16,18H,8H2,1-7H3. The molecule has 0 fully saturated rings. The van der Waals surface area contributed by atoms with Gasteiger partial charge in [0, 0.05) is 0 Å². The lowest BCUT2D eigenvalue weighted by atomic mass is 9.71. The Labute approximate surface area is 169 Å². The average Bonchev–Trinajstić information content (AvgIpc) is 2.80. The van der Waals surface area contributed by atoms with E-state index in [-0.39, 0.29) is 16.8 Å². The Morgan fingerprint density at radius 3 is 2.14 bits per heavy atom. The third-order valence-corrected chi connectivity index (χ3v) is 6.83. The van der Waals surface area contributed by atoms with Gasteiger partial charge in [-0.2, -0.15) is 0 Å². The third-order valence-electron chi connectivity index (χ3n) is 6.83. The number of benzene rings is 2. The summed E-state index contributed by atoms with van der Waals surface area (Å²) in [5, 5.41) is 0. The zero-order chi connectivity index (χ0) is 20.7. The molecule has 0 amide bonds. The van der Waals surface area contributed by atoms with E-state index in [1.165, 1.54) is 22.3 Å². The van der Waals surface area contributed by atoms with Crippen LogP contribution in [0.3, 0.4) is 0 Å². The molecule has 148 valence electrons. The smallest absolute Gasteiger partial charge is 0.338 e. The molecule has 0 saturated heterocycles. The van der Waals surface area contributed by atoms with Crippen molar-refractivity contribution >= 4 is 17.6 Å². The van der Waals surface area contributed by atoms with Gasteiger partial charge in [-0.15, -0.1) is 0 Å². The van der Waals surface area contributed by atoms with Crippen molar-refractivity contribution in [2.45, 2.75) is 59.3 Å². The Hall–Kier alpha value is -2.35. The van der Waals surface area contributed by atoms with Gasteiger partial charge in [0.2, 0.25) is 0 Å². The molecule has 0 aliphatic heterocycles. The second-order valence-electron chi connectivity index (χ2n) is 9.10. The van der Waals surface area contributed by atoms with Crippen LogP contribution in [0.1, 0.15) is 81.1 Å². The molecular weight excluding hydrogens is 344 g/mol. The second kappa shape index (κ2) is 7.24. The summed E-state index contributed by atoms with van der Waals surface area (Å²) in [6.07, 6.45) is 2.17. The van der Waals surface area contributed by atoms with Gasteiger partial charge in [0.15, 0.2) is 0 Å². The van der Waals surface area contributed by atoms with Crippen molar-refractivity contribution in [3.63, 3.8) is 0 Å². The SMILES string of the molecule is CCOC(=O)c1ccc(C=C(C)c2ccc3c(c2)C(C)(C)C(C)C3(C)C)cc1. The lowest BCUT2D eigenvalue weighted by Crippen LogP contribution is -2.30. The van der Waals surface area contributed by atoms with E-state index < -0.39 is 0 Å². The normalized spacial score (nSPS) is 20.0. The van der Waals surface area contributed by atoms with E-state index in [0.29, 0.717) is 18.1 Å². The van der Waals surface area contributed by atoms with E-state index in [4.69, 9.17) is 4.74 Å². The highest BCUT2D eigenvalue weighted by Gasteiger charge is 2.48. The average molecular weight is 377 g/mol. The number of carbonyl (C=O) groups excluding carboxylic acids is 1. The van der Waals surface area contributed by atoms with Gasteiger partial charge in [-0.1, -0.05) is 71.0 Å². The van der Waals surface area contributed by atoms with Crippen molar-refractivity contribution < 1.29 is 9.53 Å². The predicted molar refractivity (Wildman–Crippen MR) is 118 cm³/mol. The van der Waals surface area contributed by atoms with Crippen molar-refractivity contribution in [1.82, 2.24) is 0 Å². The minimum atomic E-state index is -0.271. The fraction of sp³-hybridized carbons (Fsp3) is 0.423. The molecule has 1 aliphatic carbocycles. The van der Waals surface area contributed by atoms with Gasteiger partial charge in [-0.25, -0.2) is 4.79 Å². The number of fused-ring (bicyclic) bond motifs is 1. The number of hydrogen-bond donors (Lipinski definition) is 0. The molecule has 0 radical (unpaired) electrons. The summed E-state index contributed by atoms with van der Waals surface area (Å²) < 4.78 is 5.05. The quantitative estimate of drug-likeness (QED) is 0.442. The number of rotatable bonds is 4. The maximum Gasteiger partial charge on any atom is 0.338 e. The Bertz CT molecular complexity index is 914. The van der Waals surface area contributed by atoms with Crippen LogP contribution in [-0.2, 0) is 15.6 Å². The van der Waals surface area contributed by atoms with E-state index in [9.17, 15) is 4.79 Å². The molecule has 1 atom stereocenters. The first kappa shape index (κ1) is 20.4. The van der Waals surface area contributed by atoms with Crippen molar-refractivity contribution in [2.24, 2.45) is 5.92 Å². The molecule has 2 heteroatoms. The Morgan fingerprint density at radius 1 is 0.964 bits per heavy atom. The summed E-state index contributed by atoms with van der Waals surface area (Å²) in [6.45, 7) is 16.2. The van der Waals surface area contributed by atoms with Crippen molar-refractivity contribution in [2.75, 3.05) is 6.61 Å². The molecule has 0 heterocycles. The Balaban J connectivity index is 1.91. The molecule has 2 aromatic carbocycles. The van der Waals surface area contributed by atoms with Crippen LogP contribution in [-0.4, -0.2) is 12.6 Å². The zero-order valence-corrected chi connectivity index (χ0v) is 18.2. The lowest BCUT2D eigenvalue weighted by molar-refractivity contribution is 0.0526. The highest BCUT2D eigenvalue weighted by Crippen LogP contribution is 2.53. The zero-order valence-electron chi connectivity index (χ0n) is 18.2. The summed E-state index contributed by atoms with van der Waals surface area (Å²) in [4.78, 5) is 11.8. The molecule has 0 aromatic heterocycles. The van der Waals surface area contributed by atoms with E-state index >= 15 is 0 Å². The maximum absolute atomic E-state index is 11.8. The molecule has 1 aliphatic rings. The summed E-state index contributed by atoms with van der Waals surface area (Å²) in [6, 6.07) is 14.5. The van der Waals surface area contributed by atoms with Gasteiger partial charge >= 0.3 is 5.97 Å². The molecule has 0 N–H and O–H groups in total. The van der Waals surface area contributed by atoms with Crippen molar-refractivity contribution in [3.05, 3.63) is 70.3 Å². The summed E-state index contributed by atoms with van der Waals surface area (Å²) >= 11 is 0. The molecular formula is C26H32O2. The van der Waals surface area contributed by atoms with Gasteiger partial charge in [0.25, 0.3) is 0 Å². The van der Waals surface area contributed by atoms with Gasteiger partial charge in [-0.3, -0.25) is 0 Å². The van der Waals surface area contributed by atoms with Crippen LogP contribution >= 0.6 is 0 Å². The first-order valence-corrected chi connectivity index (χ1v) is 10.2. The van der Waals surface area contributed by atoms with E-state index in [0.717, 1.165) is 5.56 Å². The molecule has 2 nitrogen and oxygen atoms in total. The molecule has 0 bridgehead atoms. The number of carbonyl (C=O) groups is 1. The number of hydrogen-bond acceptors (Lipinski definition) is 2. The molecule has 0 saturated carbocycles. The summed E-state index contributed by atoms with van der Waals surface area (Å²) in [5.41, 5.74) is 7.44. The highest BCUT2D eigenvalue weighted by atomic mass is 16.5. The lowest BCUT2D eigenvalue weighted by Gasteiger charge is -2.32. The van der Waals surface area contributed by atoms with Gasteiger partial charge in [0.1, 0.15) is 0 Å². The highest BCUT2D eigenvalue weighted by molar-refractivity contribution is 5.90. The minimum absolute atomic E-state index is 0.163. The first-order valence-electron chi connectivity index (χ1n) is 10.2. The van der Waals surface area contributed by atoms with Crippen molar-refractivity contribution in [1.29, 1.82) is 0 Å². The predicted octanol–water partition coefficient (Wildman–Crippen LogP) is 6.63. The number of esters is 1. The largest absolute Gasteiger partial charge is 0.462 e. The van der Waals surface area contributed by atoms with Gasteiger partial charge in [-0.05, 0) is 70.6 Å². The van der Waals surface area contributed by atoms with E-state index in [1.807, 2.05) is 31.2 Å². The van der Waals surface area contributed by atoms with Crippen LogP contribution in [0.4, 0.5) is 0 Å². The molecule has 1 unspecified atom stereocenters. The van der Waals surface area contributed by atoms with Crippen LogP contribution in [0.2, 0.25) is 0 Å². The fourth-order valence-corrected chi connectivity index (χ4v) is 4.52. The Kier molecular flexibility index (Phi) is 5.27. The van der Waals surface area contributed by atoms with Crippen molar-refractivity contribution in [3.8, 4) is 0 Å². The monoisotopic (exact) mass is 376 g/mol. The number of allylic oxidation sites excluding steroid dienone is 1. The van der Waals surface area contributed by atoms with E-state index in [1.54, 1.807) is 0 Å². The third kappa shape index (κ3) is 3.41. The topological polar surface area (TPSA) is 26.3 Å². The molecule has 3 rings (SSSR count). The second-order valence-corrected chi connectivity index (χ2v) is 9.10. The van der Waals surface area contributed by atoms with E-state index in [2.05, 4.69) is 65.8 Å². The van der Waals surface area contributed by atoms with Crippen LogP contribution in [0.5, 0.6) is 0 Å². The molecule has 28 heavy (non-hydrogen) atoms. The first-order chi connectivity index (χ1) is 13.1. The Morgan fingerprint density at radius 2 is 1.54 bits per heavy atom. The maximum atomic E-state index is 11.8. The summed E-state index contributed by atoms with van der Waals surface area (Å²) in [5.74, 6) is 0.317. The van der Waals surface area contributed by atoms with Crippen LogP contribution in [0, 0.1) is 5.92 Å². The molecule has 2 aromatic rings.